The van der Waals surface area contributed by atoms with E-state index in [2.05, 4.69) is 27.7 Å². The molecule has 5 atom stereocenters. The third-order valence-corrected chi connectivity index (χ3v) is 6.36. The summed E-state index contributed by atoms with van der Waals surface area (Å²) in [5.41, 5.74) is 1.13. The van der Waals surface area contributed by atoms with E-state index in [-0.39, 0.29) is 11.5 Å². The number of rotatable bonds is 3. The van der Waals surface area contributed by atoms with Gasteiger partial charge in [-0.05, 0) is 30.4 Å². The first-order valence-corrected chi connectivity index (χ1v) is 8.37. The Morgan fingerprint density at radius 3 is 2.68 bits per heavy atom. The van der Waals surface area contributed by atoms with Crippen LogP contribution in [0.4, 0.5) is 0 Å². The maximum Gasteiger partial charge on any atom is 0.198 e. The molecule has 22 heavy (non-hydrogen) atoms. The Hall–Kier alpha value is -0.900. The summed E-state index contributed by atoms with van der Waals surface area (Å²) < 4.78 is 12.8. The largest absolute Gasteiger partial charge is 0.343 e. The van der Waals surface area contributed by atoms with Gasteiger partial charge in [0.2, 0.25) is 0 Å². The molecule has 0 radical (unpaired) electrons. The molecule has 0 amide bonds. The van der Waals surface area contributed by atoms with Crippen LogP contribution in [0.2, 0.25) is 5.02 Å². The number of hydrogen-bond donors (Lipinski definition) is 0. The van der Waals surface area contributed by atoms with E-state index < -0.39 is 5.79 Å². The molecule has 1 aromatic rings. The lowest BCUT2D eigenvalue weighted by Crippen LogP contribution is -2.53. The molecule has 0 spiro atoms. The molecule has 0 aliphatic carbocycles. The van der Waals surface area contributed by atoms with Crippen LogP contribution in [0.3, 0.4) is 0 Å². The van der Waals surface area contributed by atoms with Gasteiger partial charge >= 0.3 is 0 Å². The molecule has 4 heteroatoms. The van der Waals surface area contributed by atoms with E-state index in [9.17, 15) is 4.79 Å². The molecule has 120 valence electrons. The summed E-state index contributed by atoms with van der Waals surface area (Å²) in [5.74, 6) is 0.322. The minimum Gasteiger partial charge on any atom is -0.343 e. The second-order valence-electron chi connectivity index (χ2n) is 6.77. The highest BCUT2D eigenvalue weighted by molar-refractivity contribution is 6.32. The first-order chi connectivity index (χ1) is 10.4. The highest BCUT2D eigenvalue weighted by atomic mass is 35.5. The van der Waals surface area contributed by atoms with Gasteiger partial charge < -0.3 is 9.47 Å². The van der Waals surface area contributed by atoms with Crippen LogP contribution in [0, 0.1) is 17.8 Å². The minimum atomic E-state index is -0.774. The highest BCUT2D eigenvalue weighted by Crippen LogP contribution is 2.57. The van der Waals surface area contributed by atoms with Gasteiger partial charge in [-0.2, -0.15) is 0 Å². The Labute approximate surface area is 136 Å². The Balaban J connectivity index is 2.11. The number of benzene rings is 1. The molecule has 1 aromatic carbocycles. The smallest absolute Gasteiger partial charge is 0.198 e. The van der Waals surface area contributed by atoms with E-state index in [1.54, 1.807) is 12.1 Å². The van der Waals surface area contributed by atoms with Crippen LogP contribution < -0.4 is 0 Å². The molecule has 3 nitrogen and oxygen atoms in total. The fraction of sp³-hybridized carbons (Fsp3) is 0.611. The number of carbonyl (C=O) groups excluding carboxylic acids is 1. The summed E-state index contributed by atoms with van der Waals surface area (Å²) in [5, 5.41) is 0.458. The summed E-state index contributed by atoms with van der Waals surface area (Å²) in [7, 11) is 0. The van der Waals surface area contributed by atoms with Crippen LogP contribution in [0.25, 0.3) is 0 Å². The van der Waals surface area contributed by atoms with E-state index >= 15 is 0 Å². The number of fused-ring (bicyclic) bond motifs is 2. The Morgan fingerprint density at radius 2 is 2.05 bits per heavy atom. The van der Waals surface area contributed by atoms with Gasteiger partial charge in [0.1, 0.15) is 0 Å². The Morgan fingerprint density at radius 1 is 1.32 bits per heavy atom. The van der Waals surface area contributed by atoms with Crippen LogP contribution in [-0.4, -0.2) is 18.5 Å². The molecule has 2 aliphatic rings. The van der Waals surface area contributed by atoms with Gasteiger partial charge in [-0.1, -0.05) is 45.4 Å². The van der Waals surface area contributed by atoms with Crippen molar-refractivity contribution in [3.8, 4) is 0 Å². The highest BCUT2D eigenvalue weighted by Gasteiger charge is 2.62. The van der Waals surface area contributed by atoms with Gasteiger partial charge in [-0.15, -0.1) is 0 Å². The summed E-state index contributed by atoms with van der Waals surface area (Å²) >= 11 is 6.06. The Bertz CT molecular complexity index is 602. The second kappa shape index (κ2) is 5.33. The van der Waals surface area contributed by atoms with E-state index in [4.69, 9.17) is 21.1 Å². The molecule has 2 aliphatic heterocycles. The lowest BCUT2D eigenvalue weighted by atomic mass is 9.68. The van der Waals surface area contributed by atoms with Crippen LogP contribution >= 0.6 is 11.6 Å². The molecule has 2 heterocycles. The third kappa shape index (κ3) is 1.99. The molecule has 3 rings (SSSR count). The van der Waals surface area contributed by atoms with Crippen molar-refractivity contribution in [2.45, 2.75) is 45.5 Å². The van der Waals surface area contributed by atoms with Crippen molar-refractivity contribution >= 4 is 17.9 Å². The van der Waals surface area contributed by atoms with E-state index in [1.807, 2.05) is 6.07 Å². The fourth-order valence-corrected chi connectivity index (χ4v) is 4.21. The number of carbonyl (C=O) groups is 1. The van der Waals surface area contributed by atoms with Gasteiger partial charge in [0, 0.05) is 17.0 Å². The lowest BCUT2D eigenvalue weighted by molar-refractivity contribution is -0.279. The minimum absolute atomic E-state index is 0.199. The predicted octanol–water partition coefficient (Wildman–Crippen LogP) is 4.42. The van der Waals surface area contributed by atoms with Crippen molar-refractivity contribution in [1.29, 1.82) is 0 Å². The zero-order valence-electron chi connectivity index (χ0n) is 13.6. The van der Waals surface area contributed by atoms with Gasteiger partial charge in [0.15, 0.2) is 12.1 Å². The monoisotopic (exact) mass is 322 g/mol. The molecule has 2 bridgehead atoms. The maximum atomic E-state index is 11.2. The van der Waals surface area contributed by atoms with Crippen molar-refractivity contribution in [2.75, 3.05) is 6.61 Å². The van der Waals surface area contributed by atoms with Gasteiger partial charge in [0.05, 0.1) is 17.2 Å². The lowest BCUT2D eigenvalue weighted by Gasteiger charge is -2.49. The molecular formula is C18H23ClO3. The zero-order chi connectivity index (χ0) is 16.1. The van der Waals surface area contributed by atoms with Crippen LogP contribution in [-0.2, 0) is 15.3 Å². The fourth-order valence-electron chi connectivity index (χ4n) is 4.05. The molecular weight excluding hydrogens is 300 g/mol. The summed E-state index contributed by atoms with van der Waals surface area (Å²) in [6.45, 7) is 9.43. The van der Waals surface area contributed by atoms with Crippen LogP contribution in [0.5, 0.6) is 0 Å². The zero-order valence-corrected chi connectivity index (χ0v) is 14.3. The number of aldehydes is 1. The molecule has 0 saturated carbocycles. The summed E-state index contributed by atoms with van der Waals surface area (Å²) in [6.07, 6.45) is 1.70. The summed E-state index contributed by atoms with van der Waals surface area (Å²) in [4.78, 5) is 11.2. The first kappa shape index (κ1) is 16.0. The average Bonchev–Trinajstić information content (AvgIpc) is 2.92. The maximum absolute atomic E-state index is 11.2. The van der Waals surface area contributed by atoms with Gasteiger partial charge in [0.25, 0.3) is 0 Å². The van der Waals surface area contributed by atoms with Crippen LogP contribution in [0.1, 0.15) is 50.0 Å². The van der Waals surface area contributed by atoms with Crippen molar-refractivity contribution in [1.82, 2.24) is 0 Å². The SMILES string of the molecule is CC[C@@]12CO[C@@](c3ccc(Cl)c(C=O)c3)(O1)[C@H](C)[C@@H](C)[C@@H]2C. The van der Waals surface area contributed by atoms with E-state index in [0.29, 0.717) is 29.0 Å². The van der Waals surface area contributed by atoms with Crippen molar-refractivity contribution < 1.29 is 14.3 Å². The quantitative estimate of drug-likeness (QED) is 0.773. The molecule has 0 aromatic heterocycles. The average molecular weight is 323 g/mol. The predicted molar refractivity (Wildman–Crippen MR) is 86.1 cm³/mol. The van der Waals surface area contributed by atoms with E-state index in [0.717, 1.165) is 18.3 Å². The van der Waals surface area contributed by atoms with Gasteiger partial charge in [-0.3, -0.25) is 4.79 Å². The molecule has 2 fully saturated rings. The van der Waals surface area contributed by atoms with Crippen molar-refractivity contribution in [2.24, 2.45) is 17.8 Å². The van der Waals surface area contributed by atoms with Crippen LogP contribution in [0.15, 0.2) is 18.2 Å². The second-order valence-corrected chi connectivity index (χ2v) is 7.17. The summed E-state index contributed by atoms with van der Waals surface area (Å²) in [6, 6.07) is 5.48. The Kier molecular flexibility index (Phi) is 3.87. The van der Waals surface area contributed by atoms with Crippen molar-refractivity contribution in [3.05, 3.63) is 34.3 Å². The number of halogens is 1. The topological polar surface area (TPSA) is 35.5 Å². The van der Waals surface area contributed by atoms with Crippen molar-refractivity contribution in [3.63, 3.8) is 0 Å². The number of ether oxygens (including phenoxy) is 2. The van der Waals surface area contributed by atoms with Gasteiger partial charge in [-0.25, -0.2) is 0 Å². The normalized spacial score (nSPS) is 40.7. The standard InChI is InChI=1S/C18H23ClO3/c1-5-17-10-21-18(22-17,13(4)11(2)12(17)3)15-6-7-16(19)14(8-15)9-20/h6-9,11-13H,5,10H2,1-4H3/t11-,12-,13+,17-,18+/m0/s1. The first-order valence-electron chi connectivity index (χ1n) is 7.99. The molecule has 0 unspecified atom stereocenters. The molecule has 2 saturated heterocycles. The third-order valence-electron chi connectivity index (χ3n) is 6.02. The number of hydrogen-bond acceptors (Lipinski definition) is 3. The molecule has 0 N–H and O–H groups in total. The van der Waals surface area contributed by atoms with E-state index in [1.165, 1.54) is 0 Å².